The molecule has 194 valence electrons. The molecule has 0 bridgehead atoms. The minimum atomic E-state index is 0.698. The fraction of sp³-hybridized carbons (Fsp3) is 0.533. The molecule has 2 aromatic rings. The molecule has 0 atom stereocenters. The summed E-state index contributed by atoms with van der Waals surface area (Å²) in [6, 6.07) is 14.2. The van der Waals surface area contributed by atoms with Crippen molar-refractivity contribution in [1.29, 1.82) is 0 Å². The lowest BCUT2D eigenvalue weighted by Gasteiger charge is -2.17. The molecule has 0 aliphatic carbocycles. The third-order valence-corrected chi connectivity index (χ3v) is 5.90. The van der Waals surface area contributed by atoms with E-state index in [0.717, 1.165) is 79.8 Å². The van der Waals surface area contributed by atoms with Gasteiger partial charge in [0.25, 0.3) is 0 Å². The Bertz CT molecular complexity index is 880. The monoisotopic (exact) mass is 482 g/mol. The van der Waals surface area contributed by atoms with Crippen LogP contribution in [0.3, 0.4) is 0 Å². The number of rotatable bonds is 17. The summed E-state index contributed by atoms with van der Waals surface area (Å²) in [7, 11) is 4.32. The van der Waals surface area contributed by atoms with Gasteiger partial charge in [-0.05, 0) is 109 Å². The van der Waals surface area contributed by atoms with Crippen LogP contribution in [-0.2, 0) is 0 Å². The van der Waals surface area contributed by atoms with Crippen molar-refractivity contribution in [1.82, 2.24) is 9.80 Å². The quantitative estimate of drug-likeness (QED) is 0.186. The van der Waals surface area contributed by atoms with Gasteiger partial charge in [0.2, 0.25) is 0 Å². The zero-order chi connectivity index (χ0) is 25.5. The summed E-state index contributed by atoms with van der Waals surface area (Å²) in [5, 5.41) is 0. The maximum Gasteiger partial charge on any atom is 0.134 e. The lowest BCUT2D eigenvalue weighted by molar-refractivity contribution is 0.262. The SMILES string of the molecule is CC=C(Oc1cc(OCCCN(C)CCC)ccc1C)c1ccc(OCCCN(C)CCC)cc1. The number of hydrogen-bond acceptors (Lipinski definition) is 5. The van der Waals surface area contributed by atoms with Gasteiger partial charge in [0.15, 0.2) is 0 Å². The number of hydrogen-bond donors (Lipinski definition) is 0. The minimum Gasteiger partial charge on any atom is -0.494 e. The second kappa shape index (κ2) is 16.2. The molecule has 35 heavy (non-hydrogen) atoms. The molecule has 0 saturated heterocycles. The van der Waals surface area contributed by atoms with E-state index >= 15 is 0 Å². The lowest BCUT2D eigenvalue weighted by Crippen LogP contribution is -2.21. The van der Waals surface area contributed by atoms with Crippen molar-refractivity contribution >= 4 is 5.76 Å². The van der Waals surface area contributed by atoms with Crippen LogP contribution in [0, 0.1) is 6.92 Å². The summed E-state index contributed by atoms with van der Waals surface area (Å²) in [5.41, 5.74) is 2.10. The van der Waals surface area contributed by atoms with E-state index in [1.165, 1.54) is 12.8 Å². The smallest absolute Gasteiger partial charge is 0.134 e. The first-order valence-corrected chi connectivity index (χ1v) is 13.1. The van der Waals surface area contributed by atoms with E-state index in [2.05, 4.69) is 62.9 Å². The second-order valence-electron chi connectivity index (χ2n) is 9.22. The van der Waals surface area contributed by atoms with Gasteiger partial charge >= 0.3 is 0 Å². The van der Waals surface area contributed by atoms with Gasteiger partial charge in [-0.2, -0.15) is 0 Å². The van der Waals surface area contributed by atoms with Crippen molar-refractivity contribution in [3.8, 4) is 17.2 Å². The zero-order valence-corrected chi connectivity index (χ0v) is 22.8. The van der Waals surface area contributed by atoms with Crippen LogP contribution in [0.1, 0.15) is 57.6 Å². The molecule has 0 aliphatic rings. The van der Waals surface area contributed by atoms with Gasteiger partial charge in [0.05, 0.1) is 13.2 Å². The van der Waals surface area contributed by atoms with Crippen molar-refractivity contribution in [2.75, 3.05) is 53.5 Å². The molecule has 0 N–H and O–H groups in total. The highest BCUT2D eigenvalue weighted by atomic mass is 16.5. The Hall–Kier alpha value is -2.50. The Labute approximate surface area is 213 Å². The predicted molar refractivity (Wildman–Crippen MR) is 148 cm³/mol. The highest BCUT2D eigenvalue weighted by Gasteiger charge is 2.09. The maximum absolute atomic E-state index is 6.31. The summed E-state index contributed by atoms with van der Waals surface area (Å²) >= 11 is 0. The maximum atomic E-state index is 6.31. The van der Waals surface area contributed by atoms with E-state index < -0.39 is 0 Å². The molecule has 5 nitrogen and oxygen atoms in total. The van der Waals surface area contributed by atoms with E-state index in [-0.39, 0.29) is 0 Å². The van der Waals surface area contributed by atoms with Gasteiger partial charge in [-0.15, -0.1) is 0 Å². The Balaban J connectivity index is 1.89. The van der Waals surface area contributed by atoms with Gasteiger partial charge in [-0.25, -0.2) is 0 Å². The van der Waals surface area contributed by atoms with E-state index in [1.807, 2.05) is 37.3 Å². The van der Waals surface area contributed by atoms with Crippen LogP contribution in [0.2, 0.25) is 0 Å². The third kappa shape index (κ3) is 10.7. The molecule has 2 rings (SSSR count). The summed E-state index contributed by atoms with van der Waals surface area (Å²) in [4.78, 5) is 4.68. The van der Waals surface area contributed by atoms with E-state index in [1.54, 1.807) is 0 Å². The average Bonchev–Trinajstić information content (AvgIpc) is 2.85. The van der Waals surface area contributed by atoms with E-state index in [9.17, 15) is 0 Å². The van der Waals surface area contributed by atoms with Crippen molar-refractivity contribution in [3.63, 3.8) is 0 Å². The lowest BCUT2D eigenvalue weighted by atomic mass is 10.1. The molecular formula is C30H46N2O3. The molecule has 0 aliphatic heterocycles. The molecule has 0 heterocycles. The Morgan fingerprint density at radius 3 is 1.86 bits per heavy atom. The normalized spacial score (nSPS) is 11.8. The first kappa shape index (κ1) is 28.7. The molecule has 0 aromatic heterocycles. The summed E-state index contributed by atoms with van der Waals surface area (Å²) in [5.74, 6) is 3.36. The number of nitrogens with zero attached hydrogens (tertiary/aromatic N) is 2. The summed E-state index contributed by atoms with van der Waals surface area (Å²) in [6.07, 6.45) is 6.38. The standard InChI is InChI=1S/C30H46N2O3/c1-7-18-31(5)20-10-22-33-27-16-13-26(14-17-27)29(9-3)35-30-24-28(15-12-25(30)4)34-23-11-21-32(6)19-8-2/h9,12-17,24H,7-8,10-11,18-23H2,1-6H3. The van der Waals surface area contributed by atoms with Gasteiger partial charge in [-0.1, -0.05) is 19.9 Å². The number of ether oxygens (including phenoxy) is 3. The summed E-state index contributed by atoms with van der Waals surface area (Å²) in [6.45, 7) is 14.2. The van der Waals surface area contributed by atoms with E-state index in [0.29, 0.717) is 6.61 Å². The van der Waals surface area contributed by atoms with Crippen LogP contribution in [0.15, 0.2) is 48.5 Å². The molecule has 0 fully saturated rings. The molecule has 5 heteroatoms. The Morgan fingerprint density at radius 1 is 0.771 bits per heavy atom. The van der Waals surface area contributed by atoms with Crippen LogP contribution in [0.25, 0.3) is 5.76 Å². The number of allylic oxidation sites excluding steroid dienone is 1. The summed E-state index contributed by atoms with van der Waals surface area (Å²) < 4.78 is 18.2. The Morgan fingerprint density at radius 2 is 1.31 bits per heavy atom. The van der Waals surface area contributed by atoms with Gasteiger partial charge < -0.3 is 24.0 Å². The first-order valence-electron chi connectivity index (χ1n) is 13.1. The highest BCUT2D eigenvalue weighted by molar-refractivity contribution is 5.63. The Kier molecular flexibility index (Phi) is 13.3. The van der Waals surface area contributed by atoms with Crippen molar-refractivity contribution in [2.24, 2.45) is 0 Å². The van der Waals surface area contributed by atoms with Crippen LogP contribution in [-0.4, -0.2) is 63.3 Å². The molecule has 0 spiro atoms. The van der Waals surface area contributed by atoms with Gasteiger partial charge in [0, 0.05) is 24.7 Å². The molecule has 0 unspecified atom stereocenters. The number of benzene rings is 2. The molecule has 2 aromatic carbocycles. The van der Waals surface area contributed by atoms with Crippen LogP contribution in [0.4, 0.5) is 0 Å². The first-order chi connectivity index (χ1) is 17.0. The van der Waals surface area contributed by atoms with Crippen LogP contribution >= 0.6 is 0 Å². The number of aryl methyl sites for hydroxylation is 1. The van der Waals surface area contributed by atoms with E-state index in [4.69, 9.17) is 14.2 Å². The van der Waals surface area contributed by atoms with Gasteiger partial charge in [0.1, 0.15) is 23.0 Å². The third-order valence-electron chi connectivity index (χ3n) is 5.90. The highest BCUT2D eigenvalue weighted by Crippen LogP contribution is 2.29. The van der Waals surface area contributed by atoms with Crippen molar-refractivity contribution in [3.05, 3.63) is 59.7 Å². The molecule has 0 amide bonds. The fourth-order valence-electron chi connectivity index (χ4n) is 3.93. The van der Waals surface area contributed by atoms with Crippen LogP contribution in [0.5, 0.6) is 17.2 Å². The van der Waals surface area contributed by atoms with Gasteiger partial charge in [-0.3, -0.25) is 0 Å². The fourth-order valence-corrected chi connectivity index (χ4v) is 3.93. The topological polar surface area (TPSA) is 34.2 Å². The van der Waals surface area contributed by atoms with Crippen molar-refractivity contribution < 1.29 is 14.2 Å². The molecule has 0 saturated carbocycles. The zero-order valence-electron chi connectivity index (χ0n) is 22.8. The van der Waals surface area contributed by atoms with Crippen LogP contribution < -0.4 is 14.2 Å². The largest absolute Gasteiger partial charge is 0.494 e. The minimum absolute atomic E-state index is 0.698. The second-order valence-corrected chi connectivity index (χ2v) is 9.22. The predicted octanol–water partition coefficient (Wildman–Crippen LogP) is 6.66. The van der Waals surface area contributed by atoms with Crippen molar-refractivity contribution in [2.45, 2.75) is 53.4 Å². The average molecular weight is 483 g/mol. The molecular weight excluding hydrogens is 436 g/mol. The molecule has 0 radical (unpaired) electrons.